The number of hydrogen-bond donors (Lipinski definition) is 1. The zero-order valence-electron chi connectivity index (χ0n) is 10.3. The van der Waals surface area contributed by atoms with Gasteiger partial charge in [0, 0.05) is 43.2 Å². The van der Waals surface area contributed by atoms with Crippen molar-refractivity contribution in [3.8, 4) is 0 Å². The maximum atomic E-state index is 4.37. The SMILES string of the molecule is CCNC(Cc1ccccn1)c1cnn(C)c1. The van der Waals surface area contributed by atoms with Gasteiger partial charge in [-0.2, -0.15) is 5.10 Å². The highest BCUT2D eigenvalue weighted by Gasteiger charge is 2.13. The number of aromatic nitrogens is 3. The molecule has 1 unspecified atom stereocenters. The number of pyridine rings is 1. The summed E-state index contributed by atoms with van der Waals surface area (Å²) in [5.74, 6) is 0. The molecule has 0 aliphatic carbocycles. The van der Waals surface area contributed by atoms with E-state index in [1.165, 1.54) is 5.56 Å². The summed E-state index contributed by atoms with van der Waals surface area (Å²) in [5.41, 5.74) is 2.31. The molecule has 4 nitrogen and oxygen atoms in total. The molecular formula is C13H18N4. The van der Waals surface area contributed by atoms with Crippen molar-refractivity contribution in [2.75, 3.05) is 6.54 Å². The lowest BCUT2D eigenvalue weighted by molar-refractivity contribution is 0.543. The first-order valence-corrected chi connectivity index (χ1v) is 5.91. The third-order valence-corrected chi connectivity index (χ3v) is 2.72. The molecule has 1 N–H and O–H groups in total. The zero-order chi connectivity index (χ0) is 12.1. The van der Waals surface area contributed by atoms with E-state index in [1.807, 2.05) is 36.3 Å². The van der Waals surface area contributed by atoms with Gasteiger partial charge >= 0.3 is 0 Å². The molecule has 0 amide bonds. The summed E-state index contributed by atoms with van der Waals surface area (Å²) in [6, 6.07) is 6.30. The molecule has 0 aromatic carbocycles. The number of nitrogens with one attached hydrogen (secondary N) is 1. The summed E-state index contributed by atoms with van der Waals surface area (Å²) >= 11 is 0. The Labute approximate surface area is 102 Å². The molecule has 17 heavy (non-hydrogen) atoms. The lowest BCUT2D eigenvalue weighted by atomic mass is 10.1. The molecule has 0 saturated carbocycles. The minimum absolute atomic E-state index is 0.281. The van der Waals surface area contributed by atoms with Gasteiger partial charge < -0.3 is 5.32 Å². The fourth-order valence-electron chi connectivity index (χ4n) is 1.90. The van der Waals surface area contributed by atoms with Crippen LogP contribution in [-0.2, 0) is 13.5 Å². The molecule has 0 saturated heterocycles. The minimum atomic E-state index is 0.281. The predicted octanol–water partition coefficient (Wildman–Crippen LogP) is 1.71. The number of rotatable bonds is 5. The zero-order valence-corrected chi connectivity index (χ0v) is 10.3. The molecule has 0 aliphatic rings. The maximum absolute atomic E-state index is 4.37. The fraction of sp³-hybridized carbons (Fsp3) is 0.385. The quantitative estimate of drug-likeness (QED) is 0.850. The van der Waals surface area contributed by atoms with Crippen LogP contribution in [0, 0.1) is 0 Å². The second-order valence-electron chi connectivity index (χ2n) is 4.08. The summed E-state index contributed by atoms with van der Waals surface area (Å²) in [6.07, 6.45) is 6.69. The summed E-state index contributed by atoms with van der Waals surface area (Å²) in [6.45, 7) is 3.05. The summed E-state index contributed by atoms with van der Waals surface area (Å²) in [4.78, 5) is 4.37. The van der Waals surface area contributed by atoms with Crippen LogP contribution in [-0.4, -0.2) is 21.3 Å². The molecule has 0 aliphatic heterocycles. The van der Waals surface area contributed by atoms with Crippen LogP contribution in [0.15, 0.2) is 36.8 Å². The maximum Gasteiger partial charge on any atom is 0.0537 e. The van der Waals surface area contributed by atoms with Crippen molar-refractivity contribution < 1.29 is 0 Å². The van der Waals surface area contributed by atoms with E-state index in [0.717, 1.165) is 18.7 Å². The molecule has 0 spiro atoms. The number of likely N-dealkylation sites (N-methyl/N-ethyl adjacent to an activating group) is 1. The van der Waals surface area contributed by atoms with Crippen LogP contribution >= 0.6 is 0 Å². The van der Waals surface area contributed by atoms with Crippen LogP contribution in [0.1, 0.15) is 24.2 Å². The Hall–Kier alpha value is -1.68. The largest absolute Gasteiger partial charge is 0.310 e. The molecule has 4 heteroatoms. The van der Waals surface area contributed by atoms with Gasteiger partial charge in [-0.05, 0) is 18.7 Å². The highest BCUT2D eigenvalue weighted by Crippen LogP contribution is 2.16. The van der Waals surface area contributed by atoms with Gasteiger partial charge in [0.25, 0.3) is 0 Å². The molecule has 2 aromatic heterocycles. The van der Waals surface area contributed by atoms with Crippen molar-refractivity contribution in [3.63, 3.8) is 0 Å². The molecule has 2 aromatic rings. The van der Waals surface area contributed by atoms with E-state index >= 15 is 0 Å². The van der Waals surface area contributed by atoms with Crippen molar-refractivity contribution in [3.05, 3.63) is 48.0 Å². The van der Waals surface area contributed by atoms with Gasteiger partial charge in [-0.1, -0.05) is 13.0 Å². The lowest BCUT2D eigenvalue weighted by Crippen LogP contribution is -2.23. The van der Waals surface area contributed by atoms with Gasteiger partial charge in [-0.25, -0.2) is 0 Å². The summed E-state index contributed by atoms with van der Waals surface area (Å²) < 4.78 is 1.83. The van der Waals surface area contributed by atoms with Crippen molar-refractivity contribution in [2.24, 2.45) is 7.05 Å². The van der Waals surface area contributed by atoms with E-state index in [2.05, 4.69) is 34.6 Å². The molecule has 1 atom stereocenters. The second-order valence-corrected chi connectivity index (χ2v) is 4.08. The monoisotopic (exact) mass is 230 g/mol. The van der Waals surface area contributed by atoms with E-state index in [4.69, 9.17) is 0 Å². The topological polar surface area (TPSA) is 42.7 Å². The molecule has 0 bridgehead atoms. The Balaban J connectivity index is 2.13. The third-order valence-electron chi connectivity index (χ3n) is 2.72. The number of hydrogen-bond acceptors (Lipinski definition) is 3. The van der Waals surface area contributed by atoms with Crippen molar-refractivity contribution in [1.29, 1.82) is 0 Å². The number of aryl methyl sites for hydroxylation is 1. The van der Waals surface area contributed by atoms with E-state index in [0.29, 0.717) is 0 Å². The smallest absolute Gasteiger partial charge is 0.0537 e. The van der Waals surface area contributed by atoms with Gasteiger partial charge in [-0.3, -0.25) is 9.67 Å². The van der Waals surface area contributed by atoms with Crippen molar-refractivity contribution in [1.82, 2.24) is 20.1 Å². The lowest BCUT2D eigenvalue weighted by Gasteiger charge is -2.15. The molecule has 0 fully saturated rings. The van der Waals surface area contributed by atoms with Crippen LogP contribution in [0.2, 0.25) is 0 Å². The summed E-state index contributed by atoms with van der Waals surface area (Å²) in [7, 11) is 1.94. The van der Waals surface area contributed by atoms with Crippen LogP contribution in [0.5, 0.6) is 0 Å². The Bertz CT molecular complexity index is 449. The minimum Gasteiger partial charge on any atom is -0.310 e. The van der Waals surface area contributed by atoms with Crippen molar-refractivity contribution >= 4 is 0 Å². The Morgan fingerprint density at radius 1 is 1.41 bits per heavy atom. The first kappa shape index (κ1) is 11.8. The average molecular weight is 230 g/mol. The van der Waals surface area contributed by atoms with Gasteiger partial charge in [0.05, 0.1) is 6.20 Å². The van der Waals surface area contributed by atoms with E-state index in [9.17, 15) is 0 Å². The van der Waals surface area contributed by atoms with Gasteiger partial charge in [0.2, 0.25) is 0 Å². The van der Waals surface area contributed by atoms with Gasteiger partial charge in [0.15, 0.2) is 0 Å². The predicted molar refractivity (Wildman–Crippen MR) is 67.6 cm³/mol. The highest BCUT2D eigenvalue weighted by atomic mass is 15.2. The normalized spacial score (nSPS) is 12.6. The van der Waals surface area contributed by atoms with Gasteiger partial charge in [0.1, 0.15) is 0 Å². The molecule has 2 heterocycles. The van der Waals surface area contributed by atoms with Crippen LogP contribution in [0.25, 0.3) is 0 Å². The Morgan fingerprint density at radius 2 is 2.29 bits per heavy atom. The number of nitrogens with zero attached hydrogens (tertiary/aromatic N) is 3. The molecule has 0 radical (unpaired) electrons. The van der Waals surface area contributed by atoms with E-state index in [1.54, 1.807) is 0 Å². The van der Waals surface area contributed by atoms with Crippen LogP contribution in [0.4, 0.5) is 0 Å². The van der Waals surface area contributed by atoms with Gasteiger partial charge in [-0.15, -0.1) is 0 Å². The van der Waals surface area contributed by atoms with E-state index in [-0.39, 0.29) is 6.04 Å². The Kier molecular flexibility index (Phi) is 3.88. The highest BCUT2D eigenvalue weighted by molar-refractivity contribution is 5.15. The van der Waals surface area contributed by atoms with Crippen LogP contribution in [0.3, 0.4) is 0 Å². The standard InChI is InChI=1S/C13H18N4/c1-3-14-13(11-9-16-17(2)10-11)8-12-6-4-5-7-15-12/h4-7,9-10,13-14H,3,8H2,1-2H3. The Morgan fingerprint density at radius 3 is 2.88 bits per heavy atom. The van der Waals surface area contributed by atoms with Crippen molar-refractivity contribution in [2.45, 2.75) is 19.4 Å². The molecule has 2 rings (SSSR count). The molecule has 90 valence electrons. The summed E-state index contributed by atoms with van der Waals surface area (Å²) in [5, 5.41) is 7.69. The van der Waals surface area contributed by atoms with Crippen LogP contribution < -0.4 is 5.32 Å². The van der Waals surface area contributed by atoms with E-state index < -0.39 is 0 Å². The first-order valence-electron chi connectivity index (χ1n) is 5.91. The molecular weight excluding hydrogens is 212 g/mol. The third kappa shape index (κ3) is 3.14. The average Bonchev–Trinajstić information content (AvgIpc) is 2.77. The fourth-order valence-corrected chi connectivity index (χ4v) is 1.90. The first-order chi connectivity index (χ1) is 8.29. The second kappa shape index (κ2) is 5.59.